The van der Waals surface area contributed by atoms with Gasteiger partial charge >= 0.3 is 0 Å². The molecule has 18 heavy (non-hydrogen) atoms. The lowest BCUT2D eigenvalue weighted by Crippen LogP contribution is -2.12. The van der Waals surface area contributed by atoms with E-state index in [1.54, 1.807) is 36.5 Å². The summed E-state index contributed by atoms with van der Waals surface area (Å²) >= 11 is 0. The van der Waals surface area contributed by atoms with E-state index in [-0.39, 0.29) is 11.8 Å². The molecule has 0 saturated carbocycles. The van der Waals surface area contributed by atoms with E-state index >= 15 is 0 Å². The van der Waals surface area contributed by atoms with Gasteiger partial charge in [-0.25, -0.2) is 0 Å². The summed E-state index contributed by atoms with van der Waals surface area (Å²) in [6, 6.07) is 8.26. The lowest BCUT2D eigenvalue weighted by atomic mass is 10.2. The molecule has 2 amide bonds. The Hall–Kier alpha value is -2.63. The molecule has 0 unspecified atom stereocenters. The summed E-state index contributed by atoms with van der Waals surface area (Å²) in [6.07, 6.45) is 1.62. The summed E-state index contributed by atoms with van der Waals surface area (Å²) in [7, 11) is 0. The third-order valence-corrected chi connectivity index (χ3v) is 2.21. The molecule has 0 saturated heterocycles. The molecule has 0 atom stereocenters. The van der Waals surface area contributed by atoms with E-state index < -0.39 is 0 Å². The number of hydrogen-bond donors (Lipinski definition) is 3. The standard InChI is InChI=1S/C12H12N4O2/c1-8(17)14-10-4-2-9(3-5-10)12(18)15-11-6-7-13-16-11/h2-7H,1H3,(H,14,17)(H2,13,15,16,18). The molecular formula is C12H12N4O2. The van der Waals surface area contributed by atoms with Gasteiger partial charge in [-0.3, -0.25) is 14.7 Å². The first kappa shape index (κ1) is 11.8. The van der Waals surface area contributed by atoms with Crippen molar-refractivity contribution in [1.29, 1.82) is 0 Å². The van der Waals surface area contributed by atoms with Crippen LogP contribution in [0.5, 0.6) is 0 Å². The minimum Gasteiger partial charge on any atom is -0.326 e. The van der Waals surface area contributed by atoms with E-state index in [0.717, 1.165) is 0 Å². The smallest absolute Gasteiger partial charge is 0.256 e. The van der Waals surface area contributed by atoms with Gasteiger partial charge in [0, 0.05) is 30.4 Å². The summed E-state index contributed by atoms with van der Waals surface area (Å²) < 4.78 is 0. The first-order valence-electron chi connectivity index (χ1n) is 5.34. The Bertz CT molecular complexity index is 546. The number of nitrogens with one attached hydrogen (secondary N) is 3. The Morgan fingerprint density at radius 3 is 2.39 bits per heavy atom. The number of aromatic nitrogens is 2. The monoisotopic (exact) mass is 244 g/mol. The maximum absolute atomic E-state index is 11.8. The fraction of sp³-hybridized carbons (Fsp3) is 0.0833. The Kier molecular flexibility index (Phi) is 3.38. The van der Waals surface area contributed by atoms with E-state index in [1.165, 1.54) is 6.92 Å². The van der Waals surface area contributed by atoms with Crippen LogP contribution in [-0.4, -0.2) is 22.0 Å². The highest BCUT2D eigenvalue weighted by Crippen LogP contribution is 2.11. The highest BCUT2D eigenvalue weighted by atomic mass is 16.2. The summed E-state index contributed by atoms with van der Waals surface area (Å²) in [4.78, 5) is 22.6. The predicted molar refractivity (Wildman–Crippen MR) is 67.3 cm³/mol. The molecule has 0 aliphatic carbocycles. The zero-order valence-corrected chi connectivity index (χ0v) is 9.73. The molecular weight excluding hydrogens is 232 g/mol. The van der Waals surface area contributed by atoms with E-state index in [9.17, 15) is 9.59 Å². The minimum absolute atomic E-state index is 0.149. The Balaban J connectivity index is 2.05. The van der Waals surface area contributed by atoms with Gasteiger partial charge in [0.05, 0.1) is 0 Å². The zero-order chi connectivity index (χ0) is 13.0. The molecule has 0 aliphatic heterocycles. The van der Waals surface area contributed by atoms with Gasteiger partial charge in [0.15, 0.2) is 5.82 Å². The second-order valence-corrected chi connectivity index (χ2v) is 3.67. The number of hydrogen-bond acceptors (Lipinski definition) is 3. The molecule has 0 bridgehead atoms. The minimum atomic E-state index is -0.253. The van der Waals surface area contributed by atoms with Gasteiger partial charge < -0.3 is 10.6 Å². The maximum atomic E-state index is 11.8. The van der Waals surface area contributed by atoms with E-state index in [1.807, 2.05) is 0 Å². The number of aromatic amines is 1. The van der Waals surface area contributed by atoms with Gasteiger partial charge in [-0.1, -0.05) is 0 Å². The highest BCUT2D eigenvalue weighted by Gasteiger charge is 2.07. The van der Waals surface area contributed by atoms with Crippen LogP contribution in [0.3, 0.4) is 0 Å². The van der Waals surface area contributed by atoms with Crippen molar-refractivity contribution in [3.8, 4) is 0 Å². The largest absolute Gasteiger partial charge is 0.326 e. The first-order chi connectivity index (χ1) is 8.65. The average molecular weight is 244 g/mol. The third kappa shape index (κ3) is 2.94. The van der Waals surface area contributed by atoms with Crippen molar-refractivity contribution in [2.75, 3.05) is 10.6 Å². The Morgan fingerprint density at radius 1 is 1.11 bits per heavy atom. The molecule has 0 spiro atoms. The first-order valence-corrected chi connectivity index (χ1v) is 5.34. The van der Waals surface area contributed by atoms with Gasteiger partial charge in [0.1, 0.15) is 0 Å². The molecule has 1 heterocycles. The number of amides is 2. The van der Waals surface area contributed by atoms with Crippen LogP contribution in [0.2, 0.25) is 0 Å². The van der Waals surface area contributed by atoms with Crippen LogP contribution in [0.15, 0.2) is 36.5 Å². The molecule has 2 rings (SSSR count). The van der Waals surface area contributed by atoms with Crippen molar-refractivity contribution in [2.45, 2.75) is 6.92 Å². The Morgan fingerprint density at radius 2 is 1.83 bits per heavy atom. The lowest BCUT2D eigenvalue weighted by Gasteiger charge is -2.04. The number of benzene rings is 1. The number of H-pyrrole nitrogens is 1. The van der Waals surface area contributed by atoms with Crippen molar-refractivity contribution in [1.82, 2.24) is 10.2 Å². The molecule has 0 aliphatic rings. The van der Waals surface area contributed by atoms with Crippen molar-refractivity contribution < 1.29 is 9.59 Å². The zero-order valence-electron chi connectivity index (χ0n) is 9.73. The molecule has 2 aromatic rings. The number of nitrogens with zero attached hydrogens (tertiary/aromatic N) is 1. The molecule has 0 radical (unpaired) electrons. The second kappa shape index (κ2) is 5.13. The summed E-state index contributed by atoms with van der Waals surface area (Å²) in [5.41, 5.74) is 1.14. The molecule has 6 heteroatoms. The van der Waals surface area contributed by atoms with E-state index in [0.29, 0.717) is 17.1 Å². The van der Waals surface area contributed by atoms with E-state index in [2.05, 4.69) is 20.8 Å². The summed E-state index contributed by atoms with van der Waals surface area (Å²) in [5.74, 6) is 0.0612. The van der Waals surface area contributed by atoms with Crippen LogP contribution >= 0.6 is 0 Å². The Labute approximate surface area is 103 Å². The summed E-state index contributed by atoms with van der Waals surface area (Å²) in [6.45, 7) is 1.43. The molecule has 0 fully saturated rings. The van der Waals surface area contributed by atoms with Crippen LogP contribution in [0.25, 0.3) is 0 Å². The fourth-order valence-electron chi connectivity index (χ4n) is 1.43. The van der Waals surface area contributed by atoms with Gasteiger partial charge in [-0.2, -0.15) is 5.10 Å². The van der Waals surface area contributed by atoms with Gasteiger partial charge in [0.25, 0.3) is 5.91 Å². The molecule has 1 aromatic carbocycles. The van der Waals surface area contributed by atoms with Gasteiger partial charge in [-0.05, 0) is 24.3 Å². The predicted octanol–water partition coefficient (Wildman–Crippen LogP) is 1.62. The van der Waals surface area contributed by atoms with Gasteiger partial charge in [0.2, 0.25) is 5.91 Å². The quantitative estimate of drug-likeness (QED) is 0.766. The van der Waals surface area contributed by atoms with Gasteiger partial charge in [-0.15, -0.1) is 0 Å². The summed E-state index contributed by atoms with van der Waals surface area (Å²) in [5, 5.41) is 11.7. The molecule has 92 valence electrons. The molecule has 3 N–H and O–H groups in total. The lowest BCUT2D eigenvalue weighted by molar-refractivity contribution is -0.114. The van der Waals surface area contributed by atoms with Crippen LogP contribution < -0.4 is 10.6 Å². The van der Waals surface area contributed by atoms with Crippen molar-refractivity contribution >= 4 is 23.3 Å². The number of anilines is 2. The highest BCUT2D eigenvalue weighted by molar-refractivity contribution is 6.04. The molecule has 6 nitrogen and oxygen atoms in total. The SMILES string of the molecule is CC(=O)Nc1ccc(C(=O)Nc2cc[nH]n2)cc1. The van der Waals surface area contributed by atoms with Crippen LogP contribution in [0.1, 0.15) is 17.3 Å². The number of carbonyl (C=O) groups excluding carboxylic acids is 2. The molecule has 1 aromatic heterocycles. The van der Waals surface area contributed by atoms with Crippen LogP contribution in [-0.2, 0) is 4.79 Å². The average Bonchev–Trinajstić information content (AvgIpc) is 2.82. The maximum Gasteiger partial charge on any atom is 0.256 e. The fourth-order valence-corrected chi connectivity index (χ4v) is 1.43. The number of carbonyl (C=O) groups is 2. The van der Waals surface area contributed by atoms with Crippen molar-refractivity contribution in [3.63, 3.8) is 0 Å². The van der Waals surface area contributed by atoms with Crippen molar-refractivity contribution in [2.24, 2.45) is 0 Å². The number of rotatable bonds is 3. The topological polar surface area (TPSA) is 86.9 Å². The van der Waals surface area contributed by atoms with E-state index in [4.69, 9.17) is 0 Å². The third-order valence-electron chi connectivity index (χ3n) is 2.21. The second-order valence-electron chi connectivity index (χ2n) is 3.67. The van der Waals surface area contributed by atoms with Crippen LogP contribution in [0.4, 0.5) is 11.5 Å². The van der Waals surface area contributed by atoms with Crippen molar-refractivity contribution in [3.05, 3.63) is 42.1 Å². The normalized spacial score (nSPS) is 9.83. The van der Waals surface area contributed by atoms with Crippen LogP contribution in [0, 0.1) is 0 Å².